The summed E-state index contributed by atoms with van der Waals surface area (Å²) in [7, 11) is 0. The Morgan fingerprint density at radius 3 is 2.53 bits per heavy atom. The van der Waals surface area contributed by atoms with Crippen LogP contribution in [0.3, 0.4) is 0 Å². The average Bonchev–Trinajstić information content (AvgIpc) is 2.87. The van der Waals surface area contributed by atoms with Gasteiger partial charge in [-0.1, -0.05) is 31.1 Å². The van der Waals surface area contributed by atoms with Crippen molar-refractivity contribution in [1.82, 2.24) is 10.2 Å². The zero-order valence-corrected chi connectivity index (χ0v) is 10.3. The normalized spacial score (nSPS) is 21.8. The molecular formula is C11H19N3S. The van der Waals surface area contributed by atoms with Crippen molar-refractivity contribution in [1.29, 1.82) is 0 Å². The monoisotopic (exact) mass is 225 g/mol. The van der Waals surface area contributed by atoms with Crippen molar-refractivity contribution in [2.24, 2.45) is 5.73 Å². The van der Waals surface area contributed by atoms with Crippen molar-refractivity contribution < 1.29 is 0 Å². The van der Waals surface area contributed by atoms with E-state index in [0.717, 1.165) is 5.01 Å². The molecule has 1 aliphatic carbocycles. The van der Waals surface area contributed by atoms with E-state index in [2.05, 4.69) is 17.1 Å². The predicted octanol–water partition coefficient (Wildman–Crippen LogP) is 2.78. The Balaban J connectivity index is 2.27. The lowest BCUT2D eigenvalue weighted by atomic mass is 9.84. The summed E-state index contributed by atoms with van der Waals surface area (Å²) < 4.78 is 0. The third-order valence-electron chi connectivity index (χ3n) is 3.52. The van der Waals surface area contributed by atoms with E-state index in [9.17, 15) is 0 Å². The molecule has 1 fully saturated rings. The molecule has 0 amide bonds. The van der Waals surface area contributed by atoms with Crippen molar-refractivity contribution >= 4 is 11.3 Å². The van der Waals surface area contributed by atoms with Crippen molar-refractivity contribution in [3.63, 3.8) is 0 Å². The maximum absolute atomic E-state index is 5.82. The highest BCUT2D eigenvalue weighted by molar-refractivity contribution is 7.11. The first-order valence-corrected chi connectivity index (χ1v) is 6.59. The van der Waals surface area contributed by atoms with Gasteiger partial charge in [-0.05, 0) is 26.2 Å². The van der Waals surface area contributed by atoms with Crippen LogP contribution in [-0.2, 0) is 5.41 Å². The van der Waals surface area contributed by atoms with E-state index in [1.165, 1.54) is 37.1 Å². The summed E-state index contributed by atoms with van der Waals surface area (Å²) in [5.41, 5.74) is 6.14. The van der Waals surface area contributed by atoms with Gasteiger partial charge >= 0.3 is 0 Å². The predicted molar refractivity (Wildman–Crippen MR) is 62.9 cm³/mol. The van der Waals surface area contributed by atoms with Gasteiger partial charge in [0.25, 0.3) is 0 Å². The maximum atomic E-state index is 5.82. The van der Waals surface area contributed by atoms with Gasteiger partial charge in [0, 0.05) is 5.41 Å². The van der Waals surface area contributed by atoms with Crippen LogP contribution in [0.1, 0.15) is 62.0 Å². The standard InChI is InChI=1S/C11H19N3S/c1-3-11(6-4-5-7-11)10-14-13-9(15-10)8(2)12/h8H,3-7,12H2,1-2H3. The second kappa shape index (κ2) is 4.18. The van der Waals surface area contributed by atoms with E-state index in [1.54, 1.807) is 11.3 Å². The van der Waals surface area contributed by atoms with Crippen molar-refractivity contribution in [2.75, 3.05) is 0 Å². The third-order valence-corrected chi connectivity index (χ3v) is 4.89. The van der Waals surface area contributed by atoms with E-state index >= 15 is 0 Å². The largest absolute Gasteiger partial charge is 0.322 e. The molecule has 0 aromatic carbocycles. The molecule has 1 aromatic heterocycles. The Bertz CT molecular complexity index is 326. The Morgan fingerprint density at radius 2 is 2.07 bits per heavy atom. The molecule has 4 heteroatoms. The fourth-order valence-corrected chi connectivity index (χ4v) is 3.52. The maximum Gasteiger partial charge on any atom is 0.133 e. The Morgan fingerprint density at radius 1 is 1.40 bits per heavy atom. The highest BCUT2D eigenvalue weighted by atomic mass is 32.1. The van der Waals surface area contributed by atoms with E-state index in [-0.39, 0.29) is 6.04 Å². The molecule has 0 radical (unpaired) electrons. The zero-order chi connectivity index (χ0) is 10.9. The van der Waals surface area contributed by atoms with Gasteiger partial charge in [0.05, 0.1) is 6.04 Å². The highest BCUT2D eigenvalue weighted by Crippen LogP contribution is 2.44. The van der Waals surface area contributed by atoms with Gasteiger partial charge in [-0.2, -0.15) is 0 Å². The van der Waals surface area contributed by atoms with Gasteiger partial charge < -0.3 is 5.73 Å². The zero-order valence-electron chi connectivity index (χ0n) is 9.49. The lowest BCUT2D eigenvalue weighted by Gasteiger charge is -2.23. The van der Waals surface area contributed by atoms with Crippen LogP contribution in [-0.4, -0.2) is 10.2 Å². The third kappa shape index (κ3) is 1.93. The van der Waals surface area contributed by atoms with Crippen LogP contribution in [0.4, 0.5) is 0 Å². The van der Waals surface area contributed by atoms with Crippen LogP contribution >= 0.6 is 11.3 Å². The van der Waals surface area contributed by atoms with E-state index in [1.807, 2.05) is 6.92 Å². The number of hydrogen-bond donors (Lipinski definition) is 1. The molecule has 1 heterocycles. The van der Waals surface area contributed by atoms with Crippen LogP contribution < -0.4 is 5.73 Å². The Kier molecular flexibility index (Phi) is 3.07. The van der Waals surface area contributed by atoms with Gasteiger partial charge in [0.15, 0.2) is 0 Å². The molecule has 0 spiro atoms. The summed E-state index contributed by atoms with van der Waals surface area (Å²) in [4.78, 5) is 0. The number of nitrogens with zero attached hydrogens (tertiary/aromatic N) is 2. The Labute approximate surface area is 95.1 Å². The number of nitrogens with two attached hydrogens (primary N) is 1. The SMILES string of the molecule is CCC1(c2nnc(C(C)N)s2)CCCC1. The number of rotatable bonds is 3. The van der Waals surface area contributed by atoms with Gasteiger partial charge in [-0.25, -0.2) is 0 Å². The fourth-order valence-electron chi connectivity index (χ4n) is 2.40. The summed E-state index contributed by atoms with van der Waals surface area (Å²) in [5, 5.41) is 10.7. The number of hydrogen-bond acceptors (Lipinski definition) is 4. The molecule has 1 unspecified atom stereocenters. The second-order valence-corrected chi connectivity index (χ2v) is 5.58. The minimum absolute atomic E-state index is 0.0200. The average molecular weight is 225 g/mol. The lowest BCUT2D eigenvalue weighted by Crippen LogP contribution is -2.20. The molecule has 2 N–H and O–H groups in total. The summed E-state index contributed by atoms with van der Waals surface area (Å²) in [6.07, 6.45) is 6.40. The van der Waals surface area contributed by atoms with Gasteiger partial charge in [0.2, 0.25) is 0 Å². The molecule has 0 bridgehead atoms. The van der Waals surface area contributed by atoms with Crippen molar-refractivity contribution in [3.8, 4) is 0 Å². The van der Waals surface area contributed by atoms with Crippen LogP contribution in [0.25, 0.3) is 0 Å². The van der Waals surface area contributed by atoms with Gasteiger partial charge in [-0.3, -0.25) is 0 Å². The fraction of sp³-hybridized carbons (Fsp3) is 0.818. The molecule has 1 atom stereocenters. The topological polar surface area (TPSA) is 51.8 Å². The number of aromatic nitrogens is 2. The molecule has 1 aromatic rings. The molecule has 1 aliphatic rings. The molecule has 0 saturated heterocycles. The second-order valence-electron chi connectivity index (χ2n) is 4.58. The Hall–Kier alpha value is -0.480. The molecule has 3 nitrogen and oxygen atoms in total. The lowest BCUT2D eigenvalue weighted by molar-refractivity contribution is 0.419. The van der Waals surface area contributed by atoms with Crippen molar-refractivity contribution in [3.05, 3.63) is 10.0 Å². The minimum Gasteiger partial charge on any atom is -0.322 e. The van der Waals surface area contributed by atoms with E-state index in [0.29, 0.717) is 5.41 Å². The summed E-state index contributed by atoms with van der Waals surface area (Å²) in [5.74, 6) is 0. The van der Waals surface area contributed by atoms with Crippen LogP contribution in [0.2, 0.25) is 0 Å². The molecule has 15 heavy (non-hydrogen) atoms. The van der Waals surface area contributed by atoms with Gasteiger partial charge in [-0.15, -0.1) is 10.2 Å². The van der Waals surface area contributed by atoms with Crippen LogP contribution in [0, 0.1) is 0 Å². The smallest absolute Gasteiger partial charge is 0.133 e. The van der Waals surface area contributed by atoms with Crippen LogP contribution in [0.5, 0.6) is 0 Å². The molecule has 1 saturated carbocycles. The first-order chi connectivity index (χ1) is 7.18. The first-order valence-electron chi connectivity index (χ1n) is 5.77. The summed E-state index contributed by atoms with van der Waals surface area (Å²) in [6, 6.07) is 0.0200. The quantitative estimate of drug-likeness (QED) is 0.860. The molecule has 84 valence electrons. The first kappa shape index (κ1) is 11.0. The minimum atomic E-state index is 0.0200. The van der Waals surface area contributed by atoms with E-state index < -0.39 is 0 Å². The van der Waals surface area contributed by atoms with E-state index in [4.69, 9.17) is 5.73 Å². The summed E-state index contributed by atoms with van der Waals surface area (Å²) >= 11 is 1.71. The van der Waals surface area contributed by atoms with Crippen molar-refractivity contribution in [2.45, 2.75) is 57.4 Å². The summed E-state index contributed by atoms with van der Waals surface area (Å²) in [6.45, 7) is 4.23. The van der Waals surface area contributed by atoms with Gasteiger partial charge in [0.1, 0.15) is 10.0 Å². The molecule has 0 aliphatic heterocycles. The molecule has 2 rings (SSSR count). The highest BCUT2D eigenvalue weighted by Gasteiger charge is 2.37. The molecular weight excluding hydrogens is 206 g/mol. The van der Waals surface area contributed by atoms with Crippen LogP contribution in [0.15, 0.2) is 0 Å².